The predicted octanol–water partition coefficient (Wildman–Crippen LogP) is 3.08. The summed E-state index contributed by atoms with van der Waals surface area (Å²) in [4.78, 5) is 8.34. The Morgan fingerprint density at radius 1 is 1.20 bits per heavy atom. The minimum atomic E-state index is 0.925. The Morgan fingerprint density at radius 2 is 2.13 bits per heavy atom. The van der Waals surface area contributed by atoms with Crippen LogP contribution >= 0.6 is 15.9 Å². The van der Waals surface area contributed by atoms with Crippen LogP contribution in [-0.2, 0) is 6.42 Å². The standard InChI is InChI=1S/C12H11BrN2/c13-5-4-10-2-1-3-11(8-10)12-9-14-6-7-15-12/h1-3,6-9H,4-5H2. The van der Waals surface area contributed by atoms with Crippen molar-refractivity contribution in [2.24, 2.45) is 0 Å². The van der Waals surface area contributed by atoms with Crippen LogP contribution in [0, 0.1) is 0 Å². The number of benzene rings is 1. The number of alkyl halides is 1. The molecule has 3 heteroatoms. The fourth-order valence-electron chi connectivity index (χ4n) is 1.44. The summed E-state index contributed by atoms with van der Waals surface area (Å²) < 4.78 is 0. The van der Waals surface area contributed by atoms with Crippen LogP contribution in [-0.4, -0.2) is 15.3 Å². The van der Waals surface area contributed by atoms with Crippen molar-refractivity contribution in [3.63, 3.8) is 0 Å². The molecular weight excluding hydrogens is 252 g/mol. The molecule has 1 aromatic heterocycles. The molecule has 76 valence electrons. The van der Waals surface area contributed by atoms with Gasteiger partial charge in [0, 0.05) is 23.3 Å². The first-order valence-electron chi connectivity index (χ1n) is 4.81. The molecule has 2 aromatic rings. The molecule has 0 saturated heterocycles. The molecule has 0 bridgehead atoms. The molecule has 0 saturated carbocycles. The van der Waals surface area contributed by atoms with E-state index in [2.05, 4.69) is 50.2 Å². The summed E-state index contributed by atoms with van der Waals surface area (Å²) in [5, 5.41) is 0.983. The van der Waals surface area contributed by atoms with Gasteiger partial charge in [0.15, 0.2) is 0 Å². The highest BCUT2D eigenvalue weighted by atomic mass is 79.9. The molecule has 1 heterocycles. The normalized spacial score (nSPS) is 10.2. The maximum absolute atomic E-state index is 4.28. The Morgan fingerprint density at radius 3 is 2.87 bits per heavy atom. The monoisotopic (exact) mass is 262 g/mol. The molecule has 0 N–H and O–H groups in total. The summed E-state index contributed by atoms with van der Waals surface area (Å²) in [5.74, 6) is 0. The second-order valence-electron chi connectivity index (χ2n) is 3.23. The van der Waals surface area contributed by atoms with Crippen LogP contribution in [0.15, 0.2) is 42.9 Å². The Hall–Kier alpha value is -1.22. The molecule has 2 rings (SSSR count). The second-order valence-corrected chi connectivity index (χ2v) is 4.02. The minimum Gasteiger partial charge on any atom is -0.261 e. The number of rotatable bonds is 3. The number of aryl methyl sites for hydroxylation is 1. The summed E-state index contributed by atoms with van der Waals surface area (Å²) in [6.07, 6.45) is 6.22. The lowest BCUT2D eigenvalue weighted by molar-refractivity contribution is 1.16. The lowest BCUT2D eigenvalue weighted by Gasteiger charge is -2.02. The summed E-state index contributed by atoms with van der Waals surface area (Å²) in [5.41, 5.74) is 3.37. The minimum absolute atomic E-state index is 0.925. The molecule has 0 spiro atoms. The Bertz CT molecular complexity index is 429. The van der Waals surface area contributed by atoms with Gasteiger partial charge in [0.05, 0.1) is 11.9 Å². The Balaban J connectivity index is 2.33. The predicted molar refractivity (Wildman–Crippen MR) is 65.0 cm³/mol. The Kier molecular flexibility index (Phi) is 3.45. The van der Waals surface area contributed by atoms with Crippen LogP contribution in [0.4, 0.5) is 0 Å². The highest BCUT2D eigenvalue weighted by Gasteiger charge is 1.99. The van der Waals surface area contributed by atoms with Gasteiger partial charge >= 0.3 is 0 Å². The molecule has 15 heavy (non-hydrogen) atoms. The van der Waals surface area contributed by atoms with E-state index in [9.17, 15) is 0 Å². The average molecular weight is 263 g/mol. The van der Waals surface area contributed by atoms with E-state index in [1.807, 2.05) is 0 Å². The maximum atomic E-state index is 4.28. The SMILES string of the molecule is BrCCc1cccc(-c2cnccn2)c1. The molecule has 0 aliphatic heterocycles. The van der Waals surface area contributed by atoms with Gasteiger partial charge in [-0.2, -0.15) is 0 Å². The second kappa shape index (κ2) is 5.03. The van der Waals surface area contributed by atoms with Crippen molar-refractivity contribution >= 4 is 15.9 Å². The first kappa shape index (κ1) is 10.3. The smallest absolute Gasteiger partial charge is 0.0885 e. The third kappa shape index (κ3) is 2.63. The summed E-state index contributed by atoms with van der Waals surface area (Å²) >= 11 is 3.44. The number of aromatic nitrogens is 2. The molecule has 0 amide bonds. The van der Waals surface area contributed by atoms with Gasteiger partial charge in [-0.25, -0.2) is 0 Å². The summed E-state index contributed by atoms with van der Waals surface area (Å²) in [7, 11) is 0. The van der Waals surface area contributed by atoms with E-state index < -0.39 is 0 Å². The van der Waals surface area contributed by atoms with E-state index in [1.165, 1.54) is 5.56 Å². The zero-order chi connectivity index (χ0) is 10.5. The van der Waals surface area contributed by atoms with Crippen LogP contribution in [0.5, 0.6) is 0 Å². The summed E-state index contributed by atoms with van der Waals surface area (Å²) in [6, 6.07) is 8.40. The van der Waals surface area contributed by atoms with E-state index >= 15 is 0 Å². The molecule has 0 radical (unpaired) electrons. The third-order valence-electron chi connectivity index (χ3n) is 2.17. The maximum Gasteiger partial charge on any atom is 0.0885 e. The van der Waals surface area contributed by atoms with Gasteiger partial charge in [-0.05, 0) is 18.1 Å². The van der Waals surface area contributed by atoms with Gasteiger partial charge < -0.3 is 0 Å². The fourth-order valence-corrected chi connectivity index (χ4v) is 1.90. The zero-order valence-electron chi connectivity index (χ0n) is 8.23. The number of hydrogen-bond donors (Lipinski definition) is 0. The number of hydrogen-bond acceptors (Lipinski definition) is 2. The van der Waals surface area contributed by atoms with E-state index in [4.69, 9.17) is 0 Å². The van der Waals surface area contributed by atoms with Gasteiger partial charge in [-0.3, -0.25) is 9.97 Å². The van der Waals surface area contributed by atoms with Crippen molar-refractivity contribution in [3.8, 4) is 11.3 Å². The quantitative estimate of drug-likeness (QED) is 0.795. The van der Waals surface area contributed by atoms with E-state index in [-0.39, 0.29) is 0 Å². The lowest BCUT2D eigenvalue weighted by atomic mass is 10.1. The van der Waals surface area contributed by atoms with Crippen molar-refractivity contribution < 1.29 is 0 Å². The molecule has 0 atom stereocenters. The van der Waals surface area contributed by atoms with Crippen LogP contribution in [0.2, 0.25) is 0 Å². The fraction of sp³-hybridized carbons (Fsp3) is 0.167. The molecule has 0 unspecified atom stereocenters. The number of halogens is 1. The largest absolute Gasteiger partial charge is 0.261 e. The molecule has 2 nitrogen and oxygen atoms in total. The van der Waals surface area contributed by atoms with E-state index in [0.717, 1.165) is 23.0 Å². The molecule has 0 aliphatic carbocycles. The topological polar surface area (TPSA) is 25.8 Å². The average Bonchev–Trinajstić information content (AvgIpc) is 2.31. The van der Waals surface area contributed by atoms with Crippen LogP contribution in [0.25, 0.3) is 11.3 Å². The first-order chi connectivity index (χ1) is 7.40. The Labute approximate surface area is 97.5 Å². The van der Waals surface area contributed by atoms with Crippen LogP contribution < -0.4 is 0 Å². The van der Waals surface area contributed by atoms with Gasteiger partial charge in [0.1, 0.15) is 0 Å². The summed E-state index contributed by atoms with van der Waals surface area (Å²) in [6.45, 7) is 0. The van der Waals surface area contributed by atoms with Gasteiger partial charge in [0.2, 0.25) is 0 Å². The van der Waals surface area contributed by atoms with Crippen LogP contribution in [0.3, 0.4) is 0 Å². The zero-order valence-corrected chi connectivity index (χ0v) is 9.81. The molecule has 1 aromatic carbocycles. The van der Waals surface area contributed by atoms with Crippen molar-refractivity contribution in [2.45, 2.75) is 6.42 Å². The van der Waals surface area contributed by atoms with E-state index in [0.29, 0.717) is 0 Å². The van der Waals surface area contributed by atoms with Gasteiger partial charge in [0.25, 0.3) is 0 Å². The van der Waals surface area contributed by atoms with Crippen molar-refractivity contribution in [2.75, 3.05) is 5.33 Å². The van der Waals surface area contributed by atoms with Gasteiger partial charge in [-0.1, -0.05) is 34.1 Å². The first-order valence-corrected chi connectivity index (χ1v) is 5.93. The van der Waals surface area contributed by atoms with Crippen LogP contribution in [0.1, 0.15) is 5.56 Å². The molecule has 0 aliphatic rings. The highest BCUT2D eigenvalue weighted by molar-refractivity contribution is 9.09. The van der Waals surface area contributed by atoms with Crippen molar-refractivity contribution in [1.29, 1.82) is 0 Å². The lowest BCUT2D eigenvalue weighted by Crippen LogP contribution is -1.88. The third-order valence-corrected chi connectivity index (χ3v) is 2.57. The van der Waals surface area contributed by atoms with Gasteiger partial charge in [-0.15, -0.1) is 0 Å². The molecule has 0 fully saturated rings. The van der Waals surface area contributed by atoms with Crippen molar-refractivity contribution in [1.82, 2.24) is 9.97 Å². The van der Waals surface area contributed by atoms with E-state index in [1.54, 1.807) is 18.6 Å². The van der Waals surface area contributed by atoms with Crippen molar-refractivity contribution in [3.05, 3.63) is 48.4 Å². The molecular formula is C12H11BrN2. The highest BCUT2D eigenvalue weighted by Crippen LogP contribution is 2.17. The number of nitrogens with zero attached hydrogens (tertiary/aromatic N) is 2.